The Morgan fingerprint density at radius 3 is 2.80 bits per heavy atom. The average Bonchev–Trinajstić information content (AvgIpc) is 2.40. The molecule has 1 aliphatic heterocycles. The number of nitrogens with zero attached hydrogens (tertiary/aromatic N) is 1. The maximum atomic E-state index is 12.5. The van der Waals surface area contributed by atoms with Crippen LogP contribution in [0.15, 0.2) is 17.3 Å². The van der Waals surface area contributed by atoms with Gasteiger partial charge in [-0.1, -0.05) is 18.0 Å². The van der Waals surface area contributed by atoms with Gasteiger partial charge in [-0.2, -0.15) is 13.2 Å². The number of pyridine rings is 1. The molecule has 0 radical (unpaired) electrons. The van der Waals surface area contributed by atoms with E-state index in [9.17, 15) is 13.2 Å². The van der Waals surface area contributed by atoms with Crippen LogP contribution in [0.4, 0.5) is 13.2 Å². The van der Waals surface area contributed by atoms with Crippen molar-refractivity contribution in [3.8, 4) is 0 Å². The topological polar surface area (TPSA) is 24.9 Å². The van der Waals surface area contributed by atoms with Crippen LogP contribution in [0.25, 0.3) is 0 Å². The van der Waals surface area contributed by atoms with Crippen molar-refractivity contribution in [2.45, 2.75) is 42.9 Å². The van der Waals surface area contributed by atoms with E-state index >= 15 is 0 Å². The molecule has 0 amide bonds. The SMILES string of the molecule is FC(F)(F)c1cnc(SCCC2CCCCN2)c(Cl)c1. The molecule has 2 heterocycles. The van der Waals surface area contributed by atoms with Gasteiger partial charge in [-0.3, -0.25) is 0 Å². The largest absolute Gasteiger partial charge is 0.417 e. The van der Waals surface area contributed by atoms with E-state index < -0.39 is 11.7 Å². The number of piperidine rings is 1. The molecule has 1 fully saturated rings. The van der Waals surface area contributed by atoms with E-state index in [1.54, 1.807) is 0 Å². The summed E-state index contributed by atoms with van der Waals surface area (Å²) in [6.07, 6.45) is 1.04. The molecule has 1 atom stereocenters. The molecule has 7 heteroatoms. The maximum absolute atomic E-state index is 12.5. The lowest BCUT2D eigenvalue weighted by molar-refractivity contribution is -0.137. The highest BCUT2D eigenvalue weighted by atomic mass is 35.5. The van der Waals surface area contributed by atoms with Gasteiger partial charge in [0.05, 0.1) is 10.6 Å². The van der Waals surface area contributed by atoms with Crippen LogP contribution in [0.1, 0.15) is 31.2 Å². The van der Waals surface area contributed by atoms with Gasteiger partial charge in [0.1, 0.15) is 5.03 Å². The number of thioether (sulfide) groups is 1. The average molecular weight is 325 g/mol. The van der Waals surface area contributed by atoms with Gasteiger partial charge in [-0.15, -0.1) is 11.8 Å². The van der Waals surface area contributed by atoms with Crippen LogP contribution in [-0.2, 0) is 6.18 Å². The van der Waals surface area contributed by atoms with Crippen molar-refractivity contribution in [1.29, 1.82) is 0 Å². The lowest BCUT2D eigenvalue weighted by atomic mass is 10.0. The minimum absolute atomic E-state index is 0.0708. The number of hydrogen-bond acceptors (Lipinski definition) is 3. The van der Waals surface area contributed by atoms with Crippen molar-refractivity contribution in [2.24, 2.45) is 0 Å². The van der Waals surface area contributed by atoms with Crippen molar-refractivity contribution < 1.29 is 13.2 Å². The number of nitrogens with one attached hydrogen (secondary N) is 1. The first kappa shape index (κ1) is 15.9. The highest BCUT2D eigenvalue weighted by molar-refractivity contribution is 7.99. The summed E-state index contributed by atoms with van der Waals surface area (Å²) in [7, 11) is 0. The fourth-order valence-electron chi connectivity index (χ4n) is 2.15. The third kappa shape index (κ3) is 4.53. The zero-order chi connectivity index (χ0) is 14.6. The summed E-state index contributed by atoms with van der Waals surface area (Å²) >= 11 is 7.27. The highest BCUT2D eigenvalue weighted by Crippen LogP contribution is 2.34. The third-order valence-corrected chi connectivity index (χ3v) is 4.69. The van der Waals surface area contributed by atoms with E-state index in [4.69, 9.17) is 11.6 Å². The second-order valence-corrected chi connectivity index (χ2v) is 6.28. The Labute approximate surface area is 125 Å². The summed E-state index contributed by atoms with van der Waals surface area (Å²) in [5.74, 6) is 0.801. The van der Waals surface area contributed by atoms with Crippen molar-refractivity contribution >= 4 is 23.4 Å². The molecule has 1 aromatic rings. The van der Waals surface area contributed by atoms with Gasteiger partial charge < -0.3 is 5.32 Å². The van der Waals surface area contributed by atoms with Crippen molar-refractivity contribution in [3.63, 3.8) is 0 Å². The summed E-state index contributed by atoms with van der Waals surface area (Å²) < 4.78 is 37.4. The van der Waals surface area contributed by atoms with E-state index in [1.165, 1.54) is 24.6 Å². The Hall–Kier alpha value is -0.460. The summed E-state index contributed by atoms with van der Waals surface area (Å²) in [5, 5.41) is 3.97. The molecule has 0 aromatic carbocycles. The van der Waals surface area contributed by atoms with Crippen molar-refractivity contribution in [3.05, 3.63) is 22.8 Å². The smallest absolute Gasteiger partial charge is 0.314 e. The van der Waals surface area contributed by atoms with Crippen LogP contribution in [0.2, 0.25) is 5.02 Å². The van der Waals surface area contributed by atoms with Crippen LogP contribution >= 0.6 is 23.4 Å². The van der Waals surface area contributed by atoms with E-state index in [0.29, 0.717) is 11.1 Å². The third-order valence-electron chi connectivity index (χ3n) is 3.25. The molecule has 0 bridgehead atoms. The van der Waals surface area contributed by atoms with Crippen LogP contribution in [0, 0.1) is 0 Å². The zero-order valence-electron chi connectivity index (χ0n) is 10.8. The first-order valence-corrected chi connectivity index (χ1v) is 7.92. The molecule has 0 saturated carbocycles. The predicted molar refractivity (Wildman–Crippen MR) is 75.2 cm³/mol. The molecular weight excluding hydrogens is 309 g/mol. The lowest BCUT2D eigenvalue weighted by Gasteiger charge is -2.23. The van der Waals surface area contributed by atoms with Gasteiger partial charge in [0, 0.05) is 18.0 Å². The molecule has 2 rings (SSSR count). The number of hydrogen-bond donors (Lipinski definition) is 1. The first-order valence-electron chi connectivity index (χ1n) is 6.56. The Kier molecular flexibility index (Phi) is 5.57. The predicted octanol–water partition coefficient (Wildman–Crippen LogP) is 4.38. The minimum atomic E-state index is -4.40. The first-order chi connectivity index (χ1) is 9.47. The molecule has 0 aliphatic carbocycles. The number of rotatable bonds is 4. The van der Waals surface area contributed by atoms with E-state index in [1.807, 2.05) is 0 Å². The minimum Gasteiger partial charge on any atom is -0.314 e. The molecular formula is C13H16ClF3N2S. The zero-order valence-corrected chi connectivity index (χ0v) is 12.4. The van der Waals surface area contributed by atoms with Gasteiger partial charge in [-0.05, 0) is 31.9 Å². The van der Waals surface area contributed by atoms with Crippen LogP contribution in [-0.4, -0.2) is 23.3 Å². The van der Waals surface area contributed by atoms with E-state index in [2.05, 4.69) is 10.3 Å². The van der Waals surface area contributed by atoms with Crippen LogP contribution in [0.5, 0.6) is 0 Å². The normalized spacial score (nSPS) is 20.1. The summed E-state index contributed by atoms with van der Waals surface area (Å²) in [4.78, 5) is 3.82. The van der Waals surface area contributed by atoms with E-state index in [0.717, 1.165) is 37.4 Å². The van der Waals surface area contributed by atoms with Gasteiger partial charge in [0.15, 0.2) is 0 Å². The molecule has 112 valence electrons. The van der Waals surface area contributed by atoms with Crippen molar-refractivity contribution in [1.82, 2.24) is 10.3 Å². The van der Waals surface area contributed by atoms with Gasteiger partial charge in [0.25, 0.3) is 0 Å². The number of aromatic nitrogens is 1. The molecule has 1 aromatic heterocycles. The Morgan fingerprint density at radius 2 is 2.20 bits per heavy atom. The second kappa shape index (κ2) is 7.00. The molecule has 20 heavy (non-hydrogen) atoms. The van der Waals surface area contributed by atoms with E-state index in [-0.39, 0.29) is 5.02 Å². The second-order valence-electron chi connectivity index (χ2n) is 4.79. The standard InChI is InChI=1S/C13H16ClF3N2S/c14-11-7-9(13(15,16)17)8-19-12(11)20-6-4-10-3-1-2-5-18-10/h7-8,10,18H,1-6H2. The van der Waals surface area contributed by atoms with Gasteiger partial charge in [-0.25, -0.2) is 4.98 Å². The summed E-state index contributed by atoms with van der Waals surface area (Å²) in [6.45, 7) is 1.05. The summed E-state index contributed by atoms with van der Waals surface area (Å²) in [6, 6.07) is 1.44. The monoisotopic (exact) mass is 324 g/mol. The Bertz CT molecular complexity index is 448. The molecule has 1 saturated heterocycles. The molecule has 1 N–H and O–H groups in total. The molecule has 1 aliphatic rings. The Morgan fingerprint density at radius 1 is 1.40 bits per heavy atom. The number of alkyl halides is 3. The molecule has 2 nitrogen and oxygen atoms in total. The summed E-state index contributed by atoms with van der Waals surface area (Å²) in [5.41, 5.74) is -0.805. The van der Waals surface area contributed by atoms with Gasteiger partial charge >= 0.3 is 6.18 Å². The highest BCUT2D eigenvalue weighted by Gasteiger charge is 2.31. The lowest BCUT2D eigenvalue weighted by Crippen LogP contribution is -2.34. The quantitative estimate of drug-likeness (QED) is 0.832. The number of halogens is 4. The molecule has 0 spiro atoms. The van der Waals surface area contributed by atoms with Crippen molar-refractivity contribution in [2.75, 3.05) is 12.3 Å². The van der Waals surface area contributed by atoms with Gasteiger partial charge in [0.2, 0.25) is 0 Å². The fourth-order valence-corrected chi connectivity index (χ4v) is 3.40. The fraction of sp³-hybridized carbons (Fsp3) is 0.615. The van der Waals surface area contributed by atoms with Crippen LogP contribution in [0.3, 0.4) is 0 Å². The Balaban J connectivity index is 1.86. The molecule has 1 unspecified atom stereocenters. The van der Waals surface area contributed by atoms with Crippen LogP contribution < -0.4 is 5.32 Å². The maximum Gasteiger partial charge on any atom is 0.417 e.